The summed E-state index contributed by atoms with van der Waals surface area (Å²) in [6.07, 6.45) is 0. The van der Waals surface area contributed by atoms with Gasteiger partial charge in [-0.2, -0.15) is 0 Å². The van der Waals surface area contributed by atoms with Gasteiger partial charge >= 0.3 is 5.97 Å². The van der Waals surface area contributed by atoms with E-state index in [-0.39, 0.29) is 11.8 Å². The number of hydrogen-bond donors (Lipinski definition) is 0. The Bertz CT molecular complexity index is 414. The topological polar surface area (TPSA) is 51.9 Å². The average Bonchev–Trinajstić information content (AvgIpc) is 2.91. The molecule has 0 amide bonds. The average molecular weight is 283 g/mol. The van der Waals surface area contributed by atoms with Crippen molar-refractivity contribution >= 4 is 5.97 Å². The zero-order valence-electron chi connectivity index (χ0n) is 13.0. The van der Waals surface area contributed by atoms with E-state index in [4.69, 9.17) is 9.15 Å². The quantitative estimate of drug-likeness (QED) is 0.687. The van der Waals surface area contributed by atoms with Crippen molar-refractivity contribution in [3.8, 4) is 0 Å². The highest BCUT2D eigenvalue weighted by Crippen LogP contribution is 2.23. The SMILES string of the molecule is COCCN(CC(C)C)C(C)c1ccc(C(=O)OC)o1. The third-order valence-corrected chi connectivity index (χ3v) is 3.16. The molecule has 1 aromatic heterocycles. The lowest BCUT2D eigenvalue weighted by atomic mass is 10.1. The van der Waals surface area contributed by atoms with Gasteiger partial charge < -0.3 is 13.9 Å². The van der Waals surface area contributed by atoms with Crippen LogP contribution in [0.4, 0.5) is 0 Å². The monoisotopic (exact) mass is 283 g/mol. The maximum atomic E-state index is 11.4. The predicted molar refractivity (Wildman–Crippen MR) is 76.7 cm³/mol. The molecule has 20 heavy (non-hydrogen) atoms. The minimum Gasteiger partial charge on any atom is -0.463 e. The summed E-state index contributed by atoms with van der Waals surface area (Å²) >= 11 is 0. The van der Waals surface area contributed by atoms with Crippen LogP contribution in [0.5, 0.6) is 0 Å². The Labute approximate surface area is 120 Å². The van der Waals surface area contributed by atoms with Gasteiger partial charge in [0.1, 0.15) is 5.76 Å². The van der Waals surface area contributed by atoms with Crippen LogP contribution in [-0.2, 0) is 9.47 Å². The van der Waals surface area contributed by atoms with Crippen molar-refractivity contribution in [2.45, 2.75) is 26.8 Å². The Hall–Kier alpha value is -1.33. The lowest BCUT2D eigenvalue weighted by molar-refractivity contribution is 0.0555. The number of carbonyl (C=O) groups is 1. The normalized spacial score (nSPS) is 12.9. The van der Waals surface area contributed by atoms with Crippen molar-refractivity contribution in [1.82, 2.24) is 4.90 Å². The second-order valence-corrected chi connectivity index (χ2v) is 5.25. The van der Waals surface area contributed by atoms with Crippen molar-refractivity contribution in [2.75, 3.05) is 33.9 Å². The minimum absolute atomic E-state index is 0.0888. The molecular weight excluding hydrogens is 258 g/mol. The number of furan rings is 1. The summed E-state index contributed by atoms with van der Waals surface area (Å²) in [7, 11) is 3.04. The largest absolute Gasteiger partial charge is 0.463 e. The Balaban J connectivity index is 2.79. The molecule has 5 heteroatoms. The fourth-order valence-corrected chi connectivity index (χ4v) is 2.09. The molecule has 0 radical (unpaired) electrons. The maximum absolute atomic E-state index is 11.4. The van der Waals surface area contributed by atoms with Crippen LogP contribution >= 0.6 is 0 Å². The van der Waals surface area contributed by atoms with Crippen LogP contribution in [0.3, 0.4) is 0 Å². The van der Waals surface area contributed by atoms with Crippen LogP contribution in [0.25, 0.3) is 0 Å². The van der Waals surface area contributed by atoms with E-state index in [1.807, 2.05) is 6.07 Å². The van der Waals surface area contributed by atoms with E-state index >= 15 is 0 Å². The number of nitrogens with zero attached hydrogens (tertiary/aromatic N) is 1. The van der Waals surface area contributed by atoms with E-state index in [9.17, 15) is 4.79 Å². The molecule has 5 nitrogen and oxygen atoms in total. The molecule has 0 bridgehead atoms. The lowest BCUT2D eigenvalue weighted by Gasteiger charge is -2.29. The second-order valence-electron chi connectivity index (χ2n) is 5.25. The zero-order chi connectivity index (χ0) is 15.1. The Morgan fingerprint density at radius 2 is 2.00 bits per heavy atom. The van der Waals surface area contributed by atoms with Crippen LogP contribution in [-0.4, -0.2) is 44.8 Å². The second kappa shape index (κ2) is 8.07. The van der Waals surface area contributed by atoms with Gasteiger partial charge in [0.2, 0.25) is 5.76 Å². The number of rotatable bonds is 8. The van der Waals surface area contributed by atoms with Crippen molar-refractivity contribution in [1.29, 1.82) is 0 Å². The summed E-state index contributed by atoms with van der Waals surface area (Å²) in [6.45, 7) is 8.85. The molecule has 114 valence electrons. The molecule has 0 aliphatic rings. The van der Waals surface area contributed by atoms with Gasteiger partial charge in [0.15, 0.2) is 0 Å². The van der Waals surface area contributed by atoms with Crippen LogP contribution in [0.1, 0.15) is 43.1 Å². The van der Waals surface area contributed by atoms with Gasteiger partial charge in [-0.15, -0.1) is 0 Å². The number of carbonyl (C=O) groups excluding carboxylic acids is 1. The van der Waals surface area contributed by atoms with Crippen LogP contribution in [0, 0.1) is 5.92 Å². The highest BCUT2D eigenvalue weighted by atomic mass is 16.5. The third-order valence-electron chi connectivity index (χ3n) is 3.16. The smallest absolute Gasteiger partial charge is 0.373 e. The molecule has 0 aliphatic heterocycles. The molecule has 1 rings (SSSR count). The van der Waals surface area contributed by atoms with Gasteiger partial charge in [-0.3, -0.25) is 4.90 Å². The number of esters is 1. The molecule has 0 N–H and O–H groups in total. The molecule has 0 fully saturated rings. The molecule has 1 unspecified atom stereocenters. The molecule has 0 spiro atoms. The summed E-state index contributed by atoms with van der Waals surface area (Å²) in [4.78, 5) is 13.7. The van der Waals surface area contributed by atoms with Gasteiger partial charge in [-0.05, 0) is 25.0 Å². The van der Waals surface area contributed by atoms with Gasteiger partial charge in [0.05, 0.1) is 19.8 Å². The van der Waals surface area contributed by atoms with E-state index in [2.05, 4.69) is 30.4 Å². The molecule has 1 aromatic rings. The molecule has 0 aromatic carbocycles. The van der Waals surface area contributed by atoms with Gasteiger partial charge in [-0.1, -0.05) is 13.8 Å². The highest BCUT2D eigenvalue weighted by Gasteiger charge is 2.21. The van der Waals surface area contributed by atoms with Gasteiger partial charge in [0, 0.05) is 20.2 Å². The van der Waals surface area contributed by atoms with Crippen molar-refractivity contribution in [3.63, 3.8) is 0 Å². The number of methoxy groups -OCH3 is 2. The molecule has 1 heterocycles. The predicted octanol–water partition coefficient (Wildman–Crippen LogP) is 2.73. The van der Waals surface area contributed by atoms with Gasteiger partial charge in [0.25, 0.3) is 0 Å². The lowest BCUT2D eigenvalue weighted by Crippen LogP contribution is -2.33. The molecule has 0 saturated heterocycles. The Morgan fingerprint density at radius 3 is 2.55 bits per heavy atom. The van der Waals surface area contributed by atoms with Crippen molar-refractivity contribution in [3.05, 3.63) is 23.7 Å². The first-order chi connectivity index (χ1) is 9.49. The summed E-state index contributed by atoms with van der Waals surface area (Å²) in [5.41, 5.74) is 0. The summed E-state index contributed by atoms with van der Waals surface area (Å²) in [5, 5.41) is 0. The van der Waals surface area contributed by atoms with E-state index in [0.29, 0.717) is 12.5 Å². The maximum Gasteiger partial charge on any atom is 0.373 e. The summed E-state index contributed by atoms with van der Waals surface area (Å²) in [5.74, 6) is 1.10. The minimum atomic E-state index is -0.448. The summed E-state index contributed by atoms with van der Waals surface area (Å²) < 4.78 is 15.4. The van der Waals surface area contributed by atoms with Gasteiger partial charge in [-0.25, -0.2) is 4.79 Å². The van der Waals surface area contributed by atoms with E-state index in [1.54, 1.807) is 13.2 Å². The van der Waals surface area contributed by atoms with E-state index < -0.39 is 5.97 Å². The molecule has 1 atom stereocenters. The van der Waals surface area contributed by atoms with E-state index in [1.165, 1.54) is 7.11 Å². The van der Waals surface area contributed by atoms with Crippen LogP contribution < -0.4 is 0 Å². The molecule has 0 saturated carbocycles. The fraction of sp³-hybridized carbons (Fsp3) is 0.667. The number of ether oxygens (including phenoxy) is 2. The van der Waals surface area contributed by atoms with E-state index in [0.717, 1.165) is 18.8 Å². The first-order valence-corrected chi connectivity index (χ1v) is 6.90. The standard InChI is InChI=1S/C15H25NO4/c1-11(2)10-16(8-9-18-4)12(3)13-6-7-14(20-13)15(17)19-5/h6-7,11-12H,8-10H2,1-5H3. The van der Waals surface area contributed by atoms with Crippen molar-refractivity contribution in [2.24, 2.45) is 5.92 Å². The Kier molecular flexibility index (Phi) is 6.75. The third kappa shape index (κ3) is 4.65. The first kappa shape index (κ1) is 16.7. The van der Waals surface area contributed by atoms with Crippen molar-refractivity contribution < 1.29 is 18.7 Å². The molecular formula is C15H25NO4. The number of hydrogen-bond acceptors (Lipinski definition) is 5. The first-order valence-electron chi connectivity index (χ1n) is 6.90. The summed E-state index contributed by atoms with van der Waals surface area (Å²) in [6, 6.07) is 3.57. The van der Waals surface area contributed by atoms with Crippen LogP contribution in [0.15, 0.2) is 16.5 Å². The zero-order valence-corrected chi connectivity index (χ0v) is 13.0. The fourth-order valence-electron chi connectivity index (χ4n) is 2.09. The van der Waals surface area contributed by atoms with Crippen LogP contribution in [0.2, 0.25) is 0 Å². The highest BCUT2D eigenvalue weighted by molar-refractivity contribution is 5.86. The Morgan fingerprint density at radius 1 is 1.30 bits per heavy atom. The molecule has 0 aliphatic carbocycles.